The van der Waals surface area contributed by atoms with E-state index in [2.05, 4.69) is 5.10 Å². The number of nitrogens with zero attached hydrogens (tertiary/aromatic N) is 2. The molecule has 1 aromatic rings. The van der Waals surface area contributed by atoms with Crippen LogP contribution in [0, 0.1) is 6.92 Å². The van der Waals surface area contributed by atoms with E-state index in [1.165, 1.54) is 4.68 Å². The number of aryl methyl sites for hydroxylation is 1. The molecule has 0 saturated heterocycles. The highest BCUT2D eigenvalue weighted by Gasteiger charge is 2.05. The quantitative estimate of drug-likeness (QED) is 0.330. The molecule has 0 fully saturated rings. The third-order valence-electron chi connectivity index (χ3n) is 1.85. The summed E-state index contributed by atoms with van der Waals surface area (Å²) in [7, 11) is 0. The van der Waals surface area contributed by atoms with Gasteiger partial charge in [-0.1, -0.05) is 4.68 Å². The fraction of sp³-hybridized carbons (Fsp3) is 0.364. The van der Waals surface area contributed by atoms with Crippen LogP contribution in [-0.4, -0.2) is 23.6 Å². The highest BCUT2D eigenvalue weighted by molar-refractivity contribution is 8.13. The number of esters is 1. The van der Waals surface area contributed by atoms with Gasteiger partial charge in [-0.25, -0.2) is 0 Å². The number of hydrogen-bond donors (Lipinski definition) is 0. The second-order valence-corrected chi connectivity index (χ2v) is 4.07. The Hall–Kier alpha value is -1.56. The Labute approximate surface area is 104 Å². The lowest BCUT2D eigenvalue weighted by molar-refractivity contribution is -0.687. The Kier molecular flexibility index (Phi) is 5.48. The summed E-state index contributed by atoms with van der Waals surface area (Å²) < 4.78 is 6.18. The summed E-state index contributed by atoms with van der Waals surface area (Å²) in [5.41, 5.74) is 0.845. The van der Waals surface area contributed by atoms with E-state index in [4.69, 9.17) is 4.74 Å². The van der Waals surface area contributed by atoms with Crippen molar-refractivity contribution in [2.75, 3.05) is 12.4 Å². The van der Waals surface area contributed by atoms with Crippen molar-refractivity contribution in [3.8, 4) is 0 Å². The van der Waals surface area contributed by atoms with Gasteiger partial charge in [-0.05, 0) is 18.1 Å². The van der Waals surface area contributed by atoms with E-state index in [-0.39, 0.29) is 5.75 Å². The number of rotatable bonds is 4. The molecular formula is C11H14N2O3S. The van der Waals surface area contributed by atoms with Gasteiger partial charge in [0.25, 0.3) is 0 Å². The summed E-state index contributed by atoms with van der Waals surface area (Å²) >= 11 is 0.827. The zero-order chi connectivity index (χ0) is 12.7. The second kappa shape index (κ2) is 6.90. The van der Waals surface area contributed by atoms with Crippen molar-refractivity contribution in [3.63, 3.8) is 0 Å². The molecule has 6 heteroatoms. The minimum Gasteiger partial charge on any atom is -0.850 e. The molecular weight excluding hydrogens is 240 g/mol. The maximum Gasteiger partial charge on any atom is 0.316 e. The predicted molar refractivity (Wildman–Crippen MR) is 63.3 cm³/mol. The number of ether oxygens (including phenoxy) is 1. The van der Waals surface area contributed by atoms with Crippen molar-refractivity contribution >= 4 is 23.0 Å². The van der Waals surface area contributed by atoms with Gasteiger partial charge in [0.2, 0.25) is 11.9 Å². The smallest absolute Gasteiger partial charge is 0.316 e. The van der Waals surface area contributed by atoms with E-state index in [9.17, 15) is 9.90 Å². The highest BCUT2D eigenvalue weighted by Crippen LogP contribution is 2.00. The molecule has 17 heavy (non-hydrogen) atoms. The summed E-state index contributed by atoms with van der Waals surface area (Å²) in [6.07, 6.45) is 1.68. The van der Waals surface area contributed by atoms with Crippen molar-refractivity contribution in [2.45, 2.75) is 13.8 Å². The topological polar surface area (TPSA) is 65.6 Å². The van der Waals surface area contributed by atoms with E-state index >= 15 is 0 Å². The van der Waals surface area contributed by atoms with Crippen molar-refractivity contribution in [3.05, 3.63) is 30.1 Å². The van der Waals surface area contributed by atoms with Crippen LogP contribution < -0.4 is 9.78 Å². The van der Waals surface area contributed by atoms with Gasteiger partial charge in [0.05, 0.1) is 17.6 Å². The van der Waals surface area contributed by atoms with E-state index in [1.54, 1.807) is 19.2 Å². The molecule has 0 amide bonds. The molecule has 1 rings (SSSR count). The highest BCUT2D eigenvalue weighted by atomic mass is 32.2. The van der Waals surface area contributed by atoms with Gasteiger partial charge in [-0.15, -0.1) is 11.8 Å². The van der Waals surface area contributed by atoms with Crippen LogP contribution in [-0.2, 0) is 9.53 Å². The number of thioether (sulfide) groups is 1. The number of carbonyl (C=O) groups excluding carboxylic acids is 1. The number of hydrogen-bond acceptors (Lipinski definition) is 5. The fourth-order valence-corrected chi connectivity index (χ4v) is 1.54. The molecule has 0 saturated carbocycles. The molecule has 0 bridgehead atoms. The molecule has 5 nitrogen and oxygen atoms in total. The third-order valence-corrected chi connectivity index (χ3v) is 2.55. The first-order valence-electron chi connectivity index (χ1n) is 5.15. The first-order valence-corrected chi connectivity index (χ1v) is 6.13. The van der Waals surface area contributed by atoms with Crippen LogP contribution in [0.1, 0.15) is 12.6 Å². The van der Waals surface area contributed by atoms with Gasteiger partial charge in [-0.2, -0.15) is 0 Å². The second-order valence-electron chi connectivity index (χ2n) is 3.15. The van der Waals surface area contributed by atoms with Gasteiger partial charge < -0.3 is 9.84 Å². The summed E-state index contributed by atoms with van der Waals surface area (Å²) in [5, 5.41) is 14.8. The Morgan fingerprint density at radius 1 is 1.59 bits per heavy atom. The molecule has 92 valence electrons. The first kappa shape index (κ1) is 13.5. The average molecular weight is 254 g/mol. The largest absolute Gasteiger partial charge is 0.850 e. The van der Waals surface area contributed by atoms with Crippen LogP contribution in [0.2, 0.25) is 0 Å². The van der Waals surface area contributed by atoms with Crippen LogP contribution in [0.25, 0.3) is 0 Å². The summed E-state index contributed by atoms with van der Waals surface area (Å²) in [6.45, 7) is 3.88. The minimum atomic E-state index is -0.419. The van der Waals surface area contributed by atoms with E-state index in [0.29, 0.717) is 6.61 Å². The van der Waals surface area contributed by atoms with Gasteiger partial charge in [0.1, 0.15) is 0 Å². The molecule has 0 aliphatic rings. The maximum absolute atomic E-state index is 11.4. The molecule has 0 aliphatic heterocycles. The van der Waals surface area contributed by atoms with Crippen LogP contribution in [0.15, 0.2) is 29.5 Å². The van der Waals surface area contributed by atoms with E-state index in [1.807, 2.05) is 19.1 Å². The predicted octanol–water partition coefficient (Wildman–Crippen LogP) is 0.0582. The molecule has 0 aromatic carbocycles. The molecule has 0 N–H and O–H groups in total. The SMILES string of the molecule is CCOC(=O)CS/C([O-])=N/[n+]1ccccc1C. The third kappa shape index (κ3) is 4.86. The molecule has 1 aromatic heterocycles. The summed E-state index contributed by atoms with van der Waals surface area (Å²) in [6, 6.07) is 5.48. The lowest BCUT2D eigenvalue weighted by Gasteiger charge is -2.05. The molecule has 0 radical (unpaired) electrons. The van der Waals surface area contributed by atoms with Crippen molar-refractivity contribution in [1.82, 2.24) is 0 Å². The van der Waals surface area contributed by atoms with E-state index in [0.717, 1.165) is 17.5 Å². The normalized spacial score (nSPS) is 11.3. The fourth-order valence-electron chi connectivity index (χ4n) is 1.07. The van der Waals surface area contributed by atoms with Gasteiger partial charge in [0, 0.05) is 19.1 Å². The molecule has 0 atom stereocenters. The zero-order valence-electron chi connectivity index (χ0n) is 9.75. The summed E-state index contributed by atoms with van der Waals surface area (Å²) in [4.78, 5) is 11.0. The first-order chi connectivity index (χ1) is 8.13. The number of carbonyl (C=O) groups is 1. The monoisotopic (exact) mass is 254 g/mol. The molecule has 0 spiro atoms. The lowest BCUT2D eigenvalue weighted by Crippen LogP contribution is -2.34. The Morgan fingerprint density at radius 3 is 3.00 bits per heavy atom. The lowest BCUT2D eigenvalue weighted by atomic mass is 10.4. The Balaban J connectivity index is 2.55. The Morgan fingerprint density at radius 2 is 2.35 bits per heavy atom. The van der Waals surface area contributed by atoms with Crippen LogP contribution in [0.4, 0.5) is 0 Å². The van der Waals surface area contributed by atoms with Crippen molar-refractivity contribution in [2.24, 2.45) is 5.10 Å². The van der Waals surface area contributed by atoms with Crippen LogP contribution in [0.3, 0.4) is 0 Å². The standard InChI is InChI=1S/C11H14N2O3S/c1-3-16-10(14)8-17-11(15)12-13-7-5-4-6-9(13)2/h4-7H,3,8H2,1-2H3. The van der Waals surface area contributed by atoms with Crippen LogP contribution in [0.5, 0.6) is 0 Å². The van der Waals surface area contributed by atoms with Gasteiger partial charge in [-0.3, -0.25) is 4.79 Å². The molecule has 0 unspecified atom stereocenters. The van der Waals surface area contributed by atoms with Crippen LogP contribution >= 0.6 is 11.8 Å². The van der Waals surface area contributed by atoms with Crippen molar-refractivity contribution < 1.29 is 19.3 Å². The minimum absolute atomic E-state index is 0.0113. The average Bonchev–Trinajstić information content (AvgIpc) is 2.30. The van der Waals surface area contributed by atoms with Gasteiger partial charge >= 0.3 is 5.97 Å². The van der Waals surface area contributed by atoms with Crippen molar-refractivity contribution in [1.29, 1.82) is 0 Å². The Bertz CT molecular complexity index is 421. The molecule has 0 aliphatic carbocycles. The zero-order valence-corrected chi connectivity index (χ0v) is 10.6. The van der Waals surface area contributed by atoms with Gasteiger partial charge in [0.15, 0.2) is 0 Å². The van der Waals surface area contributed by atoms with E-state index < -0.39 is 11.2 Å². The summed E-state index contributed by atoms with van der Waals surface area (Å²) in [5.74, 6) is -0.418. The maximum atomic E-state index is 11.4. The number of pyridine rings is 1. The number of aromatic nitrogens is 1. The molecule has 1 heterocycles.